The van der Waals surface area contributed by atoms with Crippen LogP contribution in [0.15, 0.2) is 18.2 Å². The third kappa shape index (κ3) is 2.37. The number of hydrogen-bond acceptors (Lipinski definition) is 2. The molecule has 1 aliphatic rings. The summed E-state index contributed by atoms with van der Waals surface area (Å²) in [6.45, 7) is 2.20. The molecule has 0 spiro atoms. The molecule has 1 aromatic rings. The lowest BCUT2D eigenvalue weighted by Crippen LogP contribution is -2.01. The van der Waals surface area contributed by atoms with Crippen molar-refractivity contribution in [3.05, 3.63) is 29.3 Å². The second kappa shape index (κ2) is 5.13. The zero-order valence-electron chi connectivity index (χ0n) is 10.1. The topological polar surface area (TPSA) is 9.23 Å². The van der Waals surface area contributed by atoms with Crippen molar-refractivity contribution in [2.75, 3.05) is 7.11 Å². The van der Waals surface area contributed by atoms with Crippen molar-refractivity contribution in [2.24, 2.45) is 5.92 Å². The number of rotatable bonds is 5. The molecule has 0 radical (unpaired) electrons. The summed E-state index contributed by atoms with van der Waals surface area (Å²) in [4.78, 5) is 0. The average molecular weight is 236 g/mol. The van der Waals surface area contributed by atoms with Crippen molar-refractivity contribution in [1.82, 2.24) is 0 Å². The summed E-state index contributed by atoms with van der Waals surface area (Å²) in [5, 5.41) is 0.353. The molecule has 0 N–H and O–H groups in total. The zero-order valence-corrected chi connectivity index (χ0v) is 11.0. The van der Waals surface area contributed by atoms with Gasteiger partial charge >= 0.3 is 0 Å². The van der Waals surface area contributed by atoms with Crippen LogP contribution in [-0.2, 0) is 6.42 Å². The highest BCUT2D eigenvalue weighted by molar-refractivity contribution is 7.80. The van der Waals surface area contributed by atoms with Gasteiger partial charge in [0.2, 0.25) is 0 Å². The van der Waals surface area contributed by atoms with Gasteiger partial charge in [0.15, 0.2) is 0 Å². The van der Waals surface area contributed by atoms with Crippen molar-refractivity contribution >= 4 is 12.6 Å². The molecule has 1 nitrogen and oxygen atoms in total. The summed E-state index contributed by atoms with van der Waals surface area (Å²) < 4.78 is 5.58. The molecule has 1 atom stereocenters. The highest BCUT2D eigenvalue weighted by Crippen LogP contribution is 2.47. The fourth-order valence-corrected chi connectivity index (χ4v) is 2.72. The Labute approximate surface area is 104 Å². The minimum absolute atomic E-state index is 0.353. The lowest BCUT2D eigenvalue weighted by molar-refractivity contribution is 0.403. The average Bonchev–Trinajstić information content (AvgIpc) is 3.12. The van der Waals surface area contributed by atoms with E-state index in [1.807, 2.05) is 0 Å². The standard InChI is InChI=1S/C14H20OS/c1-3-5-10-6-4-7-12(13(10)15-2)14(16)11-8-9-11/h4,6-7,11,14,16H,3,5,8-9H2,1-2H3/t14-/m0/s1. The first-order chi connectivity index (χ1) is 7.77. The highest BCUT2D eigenvalue weighted by atomic mass is 32.1. The SMILES string of the molecule is CCCc1cccc([C@@H](S)C2CC2)c1OC. The summed E-state index contributed by atoms with van der Waals surface area (Å²) in [5.74, 6) is 1.82. The molecule has 0 bridgehead atoms. The van der Waals surface area contributed by atoms with Crippen LogP contribution in [0.4, 0.5) is 0 Å². The quantitative estimate of drug-likeness (QED) is 0.759. The smallest absolute Gasteiger partial charge is 0.126 e. The van der Waals surface area contributed by atoms with E-state index in [0.717, 1.165) is 24.5 Å². The van der Waals surface area contributed by atoms with Crippen molar-refractivity contribution < 1.29 is 4.74 Å². The molecule has 0 unspecified atom stereocenters. The van der Waals surface area contributed by atoms with Crippen LogP contribution in [-0.4, -0.2) is 7.11 Å². The Morgan fingerprint density at radius 2 is 2.19 bits per heavy atom. The molecule has 0 heterocycles. The molecule has 0 amide bonds. The van der Waals surface area contributed by atoms with E-state index in [1.165, 1.54) is 24.0 Å². The highest BCUT2D eigenvalue weighted by Gasteiger charge is 2.31. The van der Waals surface area contributed by atoms with Crippen molar-refractivity contribution in [2.45, 2.75) is 37.9 Å². The molecular formula is C14H20OS. The van der Waals surface area contributed by atoms with Gasteiger partial charge in [-0.2, -0.15) is 12.6 Å². The molecule has 2 rings (SSSR count). The van der Waals surface area contributed by atoms with Crippen LogP contribution >= 0.6 is 12.6 Å². The monoisotopic (exact) mass is 236 g/mol. The van der Waals surface area contributed by atoms with Crippen LogP contribution in [0.2, 0.25) is 0 Å². The molecule has 2 heteroatoms. The lowest BCUT2D eigenvalue weighted by Gasteiger charge is -2.17. The number of benzene rings is 1. The molecule has 16 heavy (non-hydrogen) atoms. The van der Waals surface area contributed by atoms with Crippen LogP contribution in [0.3, 0.4) is 0 Å². The van der Waals surface area contributed by atoms with Crippen molar-refractivity contribution in [3.63, 3.8) is 0 Å². The van der Waals surface area contributed by atoms with Crippen molar-refractivity contribution in [1.29, 1.82) is 0 Å². The summed E-state index contributed by atoms with van der Waals surface area (Å²) >= 11 is 4.74. The summed E-state index contributed by atoms with van der Waals surface area (Å²) in [6.07, 6.45) is 4.87. The Morgan fingerprint density at radius 1 is 1.44 bits per heavy atom. The minimum Gasteiger partial charge on any atom is -0.496 e. The molecular weight excluding hydrogens is 216 g/mol. The molecule has 1 aromatic carbocycles. The largest absolute Gasteiger partial charge is 0.496 e. The van der Waals surface area contributed by atoms with E-state index >= 15 is 0 Å². The fraction of sp³-hybridized carbons (Fsp3) is 0.571. The predicted molar refractivity (Wildman–Crippen MR) is 71.4 cm³/mol. The molecule has 88 valence electrons. The van der Waals surface area contributed by atoms with Gasteiger partial charge in [-0.3, -0.25) is 0 Å². The number of hydrogen-bond donors (Lipinski definition) is 1. The number of thiol groups is 1. The first-order valence-corrected chi connectivity index (χ1v) is 6.63. The van der Waals surface area contributed by atoms with Crippen LogP contribution in [0, 0.1) is 5.92 Å². The summed E-state index contributed by atoms with van der Waals surface area (Å²) in [5.41, 5.74) is 2.60. The van der Waals surface area contributed by atoms with Crippen LogP contribution < -0.4 is 4.74 Å². The maximum Gasteiger partial charge on any atom is 0.126 e. The molecule has 0 aromatic heterocycles. The van der Waals surface area contributed by atoms with E-state index in [1.54, 1.807) is 7.11 Å². The molecule has 1 fully saturated rings. The number of aryl methyl sites for hydroxylation is 1. The summed E-state index contributed by atoms with van der Waals surface area (Å²) in [6, 6.07) is 6.46. The lowest BCUT2D eigenvalue weighted by atomic mass is 10.0. The Morgan fingerprint density at radius 3 is 2.75 bits per heavy atom. The molecule has 0 saturated heterocycles. The maximum atomic E-state index is 5.58. The summed E-state index contributed by atoms with van der Waals surface area (Å²) in [7, 11) is 1.77. The molecule has 1 aliphatic carbocycles. The van der Waals surface area contributed by atoms with E-state index < -0.39 is 0 Å². The molecule has 1 saturated carbocycles. The minimum atomic E-state index is 0.353. The maximum absolute atomic E-state index is 5.58. The van der Waals surface area contributed by atoms with Gasteiger partial charge in [-0.25, -0.2) is 0 Å². The second-order valence-corrected chi connectivity index (χ2v) is 5.13. The van der Waals surface area contributed by atoms with Gasteiger partial charge in [-0.05, 0) is 30.7 Å². The Hall–Kier alpha value is -0.630. The third-order valence-corrected chi connectivity index (χ3v) is 3.94. The second-order valence-electron chi connectivity index (χ2n) is 4.57. The van der Waals surface area contributed by atoms with Gasteiger partial charge in [-0.15, -0.1) is 0 Å². The van der Waals surface area contributed by atoms with Gasteiger partial charge in [0.25, 0.3) is 0 Å². The van der Waals surface area contributed by atoms with E-state index in [-0.39, 0.29) is 0 Å². The zero-order chi connectivity index (χ0) is 11.5. The predicted octanol–water partition coefficient (Wildman–Crippen LogP) is 4.03. The van der Waals surface area contributed by atoms with Gasteiger partial charge in [0.1, 0.15) is 5.75 Å². The van der Waals surface area contributed by atoms with E-state index in [9.17, 15) is 0 Å². The Kier molecular flexibility index (Phi) is 3.80. The number of para-hydroxylation sites is 1. The van der Waals surface area contributed by atoms with Crippen molar-refractivity contribution in [3.8, 4) is 5.75 Å². The Bertz CT molecular complexity index is 358. The van der Waals surface area contributed by atoms with Crippen LogP contribution in [0.5, 0.6) is 5.75 Å². The van der Waals surface area contributed by atoms with E-state index in [4.69, 9.17) is 17.4 Å². The van der Waals surface area contributed by atoms with Gasteiger partial charge < -0.3 is 4.74 Å². The van der Waals surface area contributed by atoms with E-state index in [2.05, 4.69) is 25.1 Å². The first-order valence-electron chi connectivity index (χ1n) is 6.11. The van der Waals surface area contributed by atoms with Gasteiger partial charge in [-0.1, -0.05) is 31.5 Å². The van der Waals surface area contributed by atoms with Gasteiger partial charge in [0.05, 0.1) is 7.11 Å². The Balaban J connectivity index is 2.31. The van der Waals surface area contributed by atoms with E-state index in [0.29, 0.717) is 5.25 Å². The normalized spacial score (nSPS) is 17.2. The van der Waals surface area contributed by atoms with Crippen LogP contribution in [0.1, 0.15) is 42.6 Å². The fourth-order valence-electron chi connectivity index (χ4n) is 2.22. The third-order valence-electron chi connectivity index (χ3n) is 3.24. The van der Waals surface area contributed by atoms with Crippen LogP contribution in [0.25, 0.3) is 0 Å². The van der Waals surface area contributed by atoms with Gasteiger partial charge in [0, 0.05) is 10.8 Å². The molecule has 0 aliphatic heterocycles. The first kappa shape index (κ1) is 11.8. The number of ether oxygens (including phenoxy) is 1. The number of methoxy groups -OCH3 is 1.